The number of sulfonamides is 1. The summed E-state index contributed by atoms with van der Waals surface area (Å²) in [6.45, 7) is 0.273. The molecule has 0 aromatic heterocycles. The van der Waals surface area contributed by atoms with E-state index >= 15 is 0 Å². The second-order valence-electron chi connectivity index (χ2n) is 5.60. The first kappa shape index (κ1) is 20.8. The van der Waals surface area contributed by atoms with Crippen molar-refractivity contribution < 1.29 is 13.2 Å². The largest absolute Gasteiger partial charge is 0.354 e. The molecule has 0 saturated carbocycles. The number of likely N-dealkylation sites (N-methyl/N-ethyl adjacent to an activating group) is 1. The van der Waals surface area contributed by atoms with Crippen LogP contribution < -0.4 is 5.32 Å². The van der Waals surface area contributed by atoms with Crippen LogP contribution in [-0.4, -0.2) is 44.5 Å². The van der Waals surface area contributed by atoms with Crippen LogP contribution in [0.4, 0.5) is 0 Å². The van der Waals surface area contributed by atoms with Crippen molar-refractivity contribution in [2.24, 2.45) is 0 Å². The van der Waals surface area contributed by atoms with Gasteiger partial charge in [-0.25, -0.2) is 8.42 Å². The van der Waals surface area contributed by atoms with E-state index in [0.29, 0.717) is 11.6 Å². The molecule has 1 N–H and O–H groups in total. The van der Waals surface area contributed by atoms with Gasteiger partial charge in [-0.2, -0.15) is 16.1 Å². The molecule has 0 atom stereocenters. The summed E-state index contributed by atoms with van der Waals surface area (Å²) < 4.78 is 25.8. The molecule has 0 aliphatic carbocycles. The number of halogens is 1. The molecule has 0 bridgehead atoms. The van der Waals surface area contributed by atoms with Crippen LogP contribution in [-0.2, 0) is 20.6 Å². The van der Waals surface area contributed by atoms with Crippen molar-refractivity contribution in [2.45, 2.75) is 10.6 Å². The molecule has 0 aliphatic rings. The Kier molecular flexibility index (Phi) is 7.96. The van der Waals surface area contributed by atoms with Crippen molar-refractivity contribution in [1.82, 2.24) is 9.62 Å². The Hall–Kier alpha value is -1.54. The molecule has 2 rings (SSSR count). The smallest absolute Gasteiger partial charge is 0.243 e. The Labute approximate surface area is 163 Å². The number of carbonyl (C=O) groups excluding carboxylic acids is 1. The number of carbonyl (C=O) groups is 1. The number of thioether (sulfide) groups is 1. The molecule has 0 unspecified atom stereocenters. The van der Waals surface area contributed by atoms with Gasteiger partial charge in [-0.3, -0.25) is 4.79 Å². The minimum absolute atomic E-state index is 0.175. The summed E-state index contributed by atoms with van der Waals surface area (Å²) in [6.07, 6.45) is 0. The molecule has 8 heteroatoms. The van der Waals surface area contributed by atoms with Crippen LogP contribution in [0.15, 0.2) is 59.5 Å². The predicted octanol–water partition coefficient (Wildman–Crippen LogP) is 3.01. The lowest BCUT2D eigenvalue weighted by Gasteiger charge is -2.16. The highest BCUT2D eigenvalue weighted by Crippen LogP contribution is 2.15. The molecule has 0 saturated heterocycles. The van der Waals surface area contributed by atoms with Crippen LogP contribution in [0.3, 0.4) is 0 Å². The maximum Gasteiger partial charge on any atom is 0.243 e. The molecule has 2 aromatic rings. The van der Waals surface area contributed by atoms with Crippen molar-refractivity contribution in [2.75, 3.05) is 25.9 Å². The second-order valence-corrected chi connectivity index (χ2v) is 9.19. The number of amides is 1. The van der Waals surface area contributed by atoms with E-state index in [1.54, 1.807) is 30.0 Å². The van der Waals surface area contributed by atoms with E-state index in [0.717, 1.165) is 15.8 Å². The highest BCUT2D eigenvalue weighted by Gasteiger charge is 2.22. The van der Waals surface area contributed by atoms with E-state index in [1.807, 2.05) is 24.3 Å². The van der Waals surface area contributed by atoms with Crippen LogP contribution >= 0.6 is 23.4 Å². The number of rotatable bonds is 9. The lowest BCUT2D eigenvalue weighted by Crippen LogP contribution is -2.39. The molecule has 5 nitrogen and oxygen atoms in total. The first-order valence-electron chi connectivity index (χ1n) is 8.00. The first-order valence-corrected chi connectivity index (χ1v) is 11.0. The number of hydrogen-bond acceptors (Lipinski definition) is 4. The fraction of sp³-hybridized carbons (Fsp3) is 0.278. The van der Waals surface area contributed by atoms with E-state index in [9.17, 15) is 13.2 Å². The average molecular weight is 413 g/mol. The molecule has 140 valence electrons. The molecule has 1 amide bonds. The van der Waals surface area contributed by atoms with Gasteiger partial charge in [0.15, 0.2) is 0 Å². The third kappa shape index (κ3) is 6.32. The monoisotopic (exact) mass is 412 g/mol. The van der Waals surface area contributed by atoms with Gasteiger partial charge < -0.3 is 5.32 Å². The lowest BCUT2D eigenvalue weighted by atomic mass is 10.2. The highest BCUT2D eigenvalue weighted by atomic mass is 35.5. The fourth-order valence-corrected chi connectivity index (χ4v) is 4.24. The highest BCUT2D eigenvalue weighted by molar-refractivity contribution is 7.98. The van der Waals surface area contributed by atoms with Gasteiger partial charge in [0.05, 0.1) is 11.4 Å². The molecular formula is C18H21ClN2O3S2. The zero-order valence-corrected chi connectivity index (χ0v) is 16.8. The molecular weight excluding hydrogens is 392 g/mol. The summed E-state index contributed by atoms with van der Waals surface area (Å²) >= 11 is 7.53. The molecule has 0 fully saturated rings. The number of nitrogens with one attached hydrogen (secondary N) is 1. The molecule has 0 radical (unpaired) electrons. The Morgan fingerprint density at radius 1 is 1.12 bits per heavy atom. The van der Waals surface area contributed by atoms with Gasteiger partial charge in [0, 0.05) is 30.1 Å². The zero-order valence-electron chi connectivity index (χ0n) is 14.4. The third-order valence-corrected chi connectivity index (χ3v) is 6.67. The third-order valence-electron chi connectivity index (χ3n) is 3.57. The van der Waals surface area contributed by atoms with Gasteiger partial charge in [-0.05, 0) is 29.8 Å². The van der Waals surface area contributed by atoms with Gasteiger partial charge in [0.1, 0.15) is 0 Å². The van der Waals surface area contributed by atoms with E-state index in [4.69, 9.17) is 11.6 Å². The summed E-state index contributed by atoms with van der Waals surface area (Å²) in [4.78, 5) is 12.1. The quantitative estimate of drug-likeness (QED) is 0.643. The Balaban J connectivity index is 1.70. The van der Waals surface area contributed by atoms with Crippen molar-refractivity contribution in [3.8, 4) is 0 Å². The van der Waals surface area contributed by atoms with Crippen LogP contribution in [0.2, 0.25) is 5.02 Å². The Bertz CT molecular complexity index is 812. The normalized spacial score (nSPS) is 11.5. The van der Waals surface area contributed by atoms with Crippen LogP contribution in [0, 0.1) is 0 Å². The lowest BCUT2D eigenvalue weighted by molar-refractivity contribution is -0.121. The molecule has 2 aromatic carbocycles. The zero-order chi connectivity index (χ0) is 19.0. The number of nitrogens with zero attached hydrogens (tertiary/aromatic N) is 1. The summed E-state index contributed by atoms with van der Waals surface area (Å²) in [5.41, 5.74) is 1.17. The van der Waals surface area contributed by atoms with E-state index in [-0.39, 0.29) is 17.3 Å². The molecule has 0 heterocycles. The Morgan fingerprint density at radius 2 is 1.77 bits per heavy atom. The maximum atomic E-state index is 12.4. The van der Waals surface area contributed by atoms with Crippen LogP contribution in [0.5, 0.6) is 0 Å². The van der Waals surface area contributed by atoms with Crippen LogP contribution in [0.25, 0.3) is 0 Å². The van der Waals surface area contributed by atoms with E-state index < -0.39 is 10.0 Å². The average Bonchev–Trinajstić information content (AvgIpc) is 2.63. The minimum Gasteiger partial charge on any atom is -0.354 e. The van der Waals surface area contributed by atoms with Crippen LogP contribution in [0.1, 0.15) is 5.56 Å². The van der Waals surface area contributed by atoms with Crippen molar-refractivity contribution in [3.05, 3.63) is 65.2 Å². The minimum atomic E-state index is -3.65. The van der Waals surface area contributed by atoms with Gasteiger partial charge in [0.25, 0.3) is 0 Å². The second kappa shape index (κ2) is 9.97. The number of benzene rings is 2. The molecule has 0 spiro atoms. The van der Waals surface area contributed by atoms with Gasteiger partial charge >= 0.3 is 0 Å². The van der Waals surface area contributed by atoms with Crippen molar-refractivity contribution in [3.63, 3.8) is 0 Å². The maximum absolute atomic E-state index is 12.4. The summed E-state index contributed by atoms with van der Waals surface area (Å²) in [6, 6.07) is 15.7. The fourth-order valence-electron chi connectivity index (χ4n) is 2.15. The predicted molar refractivity (Wildman–Crippen MR) is 107 cm³/mol. The van der Waals surface area contributed by atoms with E-state index in [1.165, 1.54) is 24.7 Å². The van der Waals surface area contributed by atoms with Crippen molar-refractivity contribution in [1.29, 1.82) is 0 Å². The van der Waals surface area contributed by atoms with Gasteiger partial charge in [-0.1, -0.05) is 41.9 Å². The summed E-state index contributed by atoms with van der Waals surface area (Å²) in [5, 5.41) is 3.45. The topological polar surface area (TPSA) is 66.5 Å². The van der Waals surface area contributed by atoms with Gasteiger partial charge in [0.2, 0.25) is 15.9 Å². The van der Waals surface area contributed by atoms with E-state index in [2.05, 4.69) is 5.32 Å². The standard InChI is InChI=1S/C18H21ClN2O3S2/c1-21(26(23,24)17-5-3-2-4-6-17)13-18(22)20-11-12-25-14-15-7-9-16(19)10-8-15/h2-10H,11-14H2,1H3,(H,20,22). The van der Waals surface area contributed by atoms with Gasteiger partial charge in [-0.15, -0.1) is 0 Å². The SMILES string of the molecule is CN(CC(=O)NCCSCc1ccc(Cl)cc1)S(=O)(=O)c1ccccc1. The summed E-state index contributed by atoms with van der Waals surface area (Å²) in [7, 11) is -2.25. The Morgan fingerprint density at radius 3 is 2.42 bits per heavy atom. The van der Waals surface area contributed by atoms with Crippen molar-refractivity contribution >= 4 is 39.3 Å². The summed E-state index contributed by atoms with van der Waals surface area (Å²) in [5.74, 6) is 1.25. The first-order chi connectivity index (χ1) is 12.4. The molecule has 26 heavy (non-hydrogen) atoms. The molecule has 0 aliphatic heterocycles. The number of hydrogen-bond donors (Lipinski definition) is 1.